The van der Waals surface area contributed by atoms with E-state index >= 15 is 0 Å². The molecule has 27 heavy (non-hydrogen) atoms. The van der Waals surface area contributed by atoms with Crippen LogP contribution < -0.4 is 22.1 Å². The van der Waals surface area contributed by atoms with Gasteiger partial charge in [0.1, 0.15) is 0 Å². The van der Waals surface area contributed by atoms with Gasteiger partial charge in [0.05, 0.1) is 26.4 Å². The predicted octanol–water partition coefficient (Wildman–Crippen LogP) is 1.18. The first kappa shape index (κ1) is 27.2. The van der Waals surface area contributed by atoms with E-state index in [1.54, 1.807) is 0 Å². The van der Waals surface area contributed by atoms with Crippen LogP contribution in [0.5, 0.6) is 0 Å². The van der Waals surface area contributed by atoms with Crippen LogP contribution in [-0.2, 0) is 13.6 Å². The molecule has 0 saturated carbocycles. The van der Waals surface area contributed by atoms with E-state index in [1.807, 2.05) is 13.8 Å². The second-order valence-electron chi connectivity index (χ2n) is 9.21. The summed E-state index contributed by atoms with van der Waals surface area (Å²) in [5.41, 5.74) is 11.4. The molecule has 0 heterocycles. The Bertz CT molecular complexity index is 352. The highest BCUT2D eigenvalue weighted by molar-refractivity contribution is 6.85. The van der Waals surface area contributed by atoms with E-state index in [4.69, 9.17) is 25.1 Å². The van der Waals surface area contributed by atoms with Gasteiger partial charge in [0, 0.05) is 36.5 Å². The van der Waals surface area contributed by atoms with Crippen LogP contribution in [0.1, 0.15) is 27.7 Å². The SMILES string of the molecule is CC(N)COCC(C)NC[Si](C)(C)O[Si](C)(C)CNC(C)COCC(C)N. The Kier molecular flexibility index (Phi) is 13.5. The van der Waals surface area contributed by atoms with Crippen LogP contribution in [-0.4, -0.2) is 79.6 Å². The van der Waals surface area contributed by atoms with Crippen molar-refractivity contribution in [2.75, 3.05) is 38.8 Å². The van der Waals surface area contributed by atoms with Gasteiger partial charge in [-0.15, -0.1) is 0 Å². The molecule has 7 nitrogen and oxygen atoms in total. The normalized spacial score (nSPS) is 17.6. The van der Waals surface area contributed by atoms with E-state index in [2.05, 4.69) is 50.7 Å². The Morgan fingerprint density at radius 3 is 1.30 bits per heavy atom. The minimum Gasteiger partial charge on any atom is -0.454 e. The van der Waals surface area contributed by atoms with Gasteiger partial charge >= 0.3 is 0 Å². The third-order valence-electron chi connectivity index (χ3n) is 3.80. The van der Waals surface area contributed by atoms with E-state index in [0.717, 1.165) is 12.3 Å². The van der Waals surface area contributed by atoms with E-state index in [9.17, 15) is 0 Å². The van der Waals surface area contributed by atoms with Crippen LogP contribution in [0.15, 0.2) is 0 Å². The largest absolute Gasteiger partial charge is 0.454 e. The molecule has 0 rings (SSSR count). The molecule has 0 aliphatic carbocycles. The zero-order valence-electron chi connectivity index (χ0n) is 18.9. The molecule has 0 aromatic carbocycles. The maximum absolute atomic E-state index is 6.64. The lowest BCUT2D eigenvalue weighted by Crippen LogP contribution is -2.56. The maximum atomic E-state index is 6.64. The Hall–Kier alpha value is 0.154. The zero-order chi connectivity index (χ0) is 21.1. The van der Waals surface area contributed by atoms with Crippen molar-refractivity contribution < 1.29 is 13.6 Å². The molecule has 0 radical (unpaired) electrons. The molecule has 164 valence electrons. The minimum absolute atomic E-state index is 0.0807. The Balaban J connectivity index is 4.16. The van der Waals surface area contributed by atoms with Gasteiger partial charge in [0.25, 0.3) is 0 Å². The monoisotopic (exact) mass is 422 g/mol. The van der Waals surface area contributed by atoms with Crippen molar-refractivity contribution in [1.29, 1.82) is 0 Å². The molecule has 9 heteroatoms. The van der Waals surface area contributed by atoms with E-state index in [-0.39, 0.29) is 12.1 Å². The summed E-state index contributed by atoms with van der Waals surface area (Å²) in [6.07, 6.45) is 1.83. The highest BCUT2D eigenvalue weighted by Crippen LogP contribution is 2.13. The van der Waals surface area contributed by atoms with Crippen molar-refractivity contribution >= 4 is 16.6 Å². The van der Waals surface area contributed by atoms with E-state index in [0.29, 0.717) is 38.5 Å². The summed E-state index contributed by atoms with van der Waals surface area (Å²) >= 11 is 0. The number of nitrogens with one attached hydrogen (secondary N) is 2. The van der Waals surface area contributed by atoms with E-state index < -0.39 is 16.6 Å². The quantitative estimate of drug-likeness (QED) is 0.277. The van der Waals surface area contributed by atoms with Gasteiger partial charge in [0.15, 0.2) is 16.6 Å². The highest BCUT2D eigenvalue weighted by Gasteiger charge is 2.33. The van der Waals surface area contributed by atoms with Crippen LogP contribution in [0.4, 0.5) is 0 Å². The summed E-state index contributed by atoms with van der Waals surface area (Å²) in [5, 5.41) is 7.13. The molecule has 0 bridgehead atoms. The number of nitrogens with two attached hydrogens (primary N) is 2. The second-order valence-corrected chi connectivity index (χ2v) is 17.8. The molecule has 0 aromatic rings. The van der Waals surface area contributed by atoms with Gasteiger partial charge in [-0.3, -0.25) is 0 Å². The first-order valence-corrected chi connectivity index (χ1v) is 16.4. The molecule has 0 aliphatic rings. The lowest BCUT2D eigenvalue weighted by atomic mass is 10.3. The maximum Gasteiger partial charge on any atom is 0.187 e. The number of hydrogen-bond acceptors (Lipinski definition) is 7. The number of ether oxygens (including phenoxy) is 2. The third-order valence-corrected chi connectivity index (χ3v) is 10.3. The second kappa shape index (κ2) is 13.4. The summed E-state index contributed by atoms with van der Waals surface area (Å²) in [6, 6.07) is 0.752. The van der Waals surface area contributed by atoms with Crippen molar-refractivity contribution in [2.45, 2.75) is 78.1 Å². The van der Waals surface area contributed by atoms with Crippen molar-refractivity contribution in [2.24, 2.45) is 11.5 Å². The van der Waals surface area contributed by atoms with Gasteiger partial charge in [-0.1, -0.05) is 0 Å². The molecular formula is C18H46N4O3Si2. The summed E-state index contributed by atoms with van der Waals surface area (Å²) < 4.78 is 17.8. The first-order valence-electron chi connectivity index (χ1n) is 10.2. The van der Waals surface area contributed by atoms with Crippen LogP contribution in [0, 0.1) is 0 Å². The van der Waals surface area contributed by atoms with Crippen LogP contribution >= 0.6 is 0 Å². The van der Waals surface area contributed by atoms with Crippen LogP contribution in [0.25, 0.3) is 0 Å². The molecule has 0 spiro atoms. The van der Waals surface area contributed by atoms with Gasteiger partial charge < -0.3 is 35.7 Å². The molecule has 0 saturated heterocycles. The van der Waals surface area contributed by atoms with Crippen LogP contribution in [0.2, 0.25) is 26.2 Å². The van der Waals surface area contributed by atoms with E-state index in [1.165, 1.54) is 0 Å². The Morgan fingerprint density at radius 1 is 0.667 bits per heavy atom. The predicted molar refractivity (Wildman–Crippen MR) is 120 cm³/mol. The lowest BCUT2D eigenvalue weighted by Gasteiger charge is -2.35. The molecule has 0 fully saturated rings. The Labute approximate surface area is 169 Å². The molecular weight excluding hydrogens is 376 g/mol. The fourth-order valence-corrected chi connectivity index (χ4v) is 10.9. The zero-order valence-corrected chi connectivity index (χ0v) is 20.9. The van der Waals surface area contributed by atoms with Crippen molar-refractivity contribution in [3.05, 3.63) is 0 Å². The Morgan fingerprint density at radius 2 is 1.00 bits per heavy atom. The average molecular weight is 423 g/mol. The van der Waals surface area contributed by atoms with Gasteiger partial charge in [0.2, 0.25) is 0 Å². The summed E-state index contributed by atoms with van der Waals surface area (Å²) in [7, 11) is -3.58. The van der Waals surface area contributed by atoms with Crippen molar-refractivity contribution in [3.63, 3.8) is 0 Å². The summed E-state index contributed by atoms with van der Waals surface area (Å²) in [5.74, 6) is 0. The van der Waals surface area contributed by atoms with Crippen molar-refractivity contribution in [1.82, 2.24) is 10.6 Å². The number of hydrogen-bond donors (Lipinski definition) is 4. The molecule has 0 aromatic heterocycles. The molecule has 4 unspecified atom stereocenters. The fraction of sp³-hybridized carbons (Fsp3) is 1.00. The molecule has 4 atom stereocenters. The standard InChI is InChI=1S/C18H46N4O3Si2/c1-15(19)9-23-11-17(3)21-13-26(5,6)25-27(7,8)14-22-18(4)12-24-10-16(2)20/h15-18,21-22H,9-14,19-20H2,1-8H3. The first-order chi connectivity index (χ1) is 12.3. The minimum atomic E-state index is -1.79. The van der Waals surface area contributed by atoms with Gasteiger partial charge in [-0.05, 0) is 53.9 Å². The topological polar surface area (TPSA) is 104 Å². The molecule has 0 amide bonds. The third kappa shape index (κ3) is 16.8. The molecule has 6 N–H and O–H groups in total. The summed E-state index contributed by atoms with van der Waals surface area (Å²) in [4.78, 5) is 0. The summed E-state index contributed by atoms with van der Waals surface area (Å²) in [6.45, 7) is 19.8. The average Bonchev–Trinajstić information content (AvgIpc) is 2.49. The molecule has 0 aliphatic heterocycles. The highest BCUT2D eigenvalue weighted by atomic mass is 28.4. The van der Waals surface area contributed by atoms with Crippen LogP contribution in [0.3, 0.4) is 0 Å². The lowest BCUT2D eigenvalue weighted by molar-refractivity contribution is 0.108. The fourth-order valence-electron chi connectivity index (χ4n) is 2.64. The smallest absolute Gasteiger partial charge is 0.187 e. The van der Waals surface area contributed by atoms with Gasteiger partial charge in [-0.2, -0.15) is 0 Å². The van der Waals surface area contributed by atoms with Gasteiger partial charge in [-0.25, -0.2) is 0 Å². The number of rotatable bonds is 16. The van der Waals surface area contributed by atoms with Crippen molar-refractivity contribution in [3.8, 4) is 0 Å².